The highest BCUT2D eigenvalue weighted by Crippen LogP contribution is 2.47. The average molecular weight is 266 g/mol. The van der Waals surface area contributed by atoms with E-state index in [0.29, 0.717) is 31.8 Å². The number of hydrogen-bond acceptors (Lipinski definition) is 4. The molecule has 3 aliphatic rings. The lowest BCUT2D eigenvalue weighted by Crippen LogP contribution is -2.70. The van der Waals surface area contributed by atoms with Gasteiger partial charge in [-0.05, 0) is 19.3 Å². The van der Waals surface area contributed by atoms with Gasteiger partial charge in [-0.25, -0.2) is 0 Å². The van der Waals surface area contributed by atoms with Crippen LogP contribution in [0, 0.1) is 11.3 Å². The number of fused-ring (bicyclic) bond motifs is 1. The predicted molar refractivity (Wildman–Crippen MR) is 69.1 cm³/mol. The molecule has 3 rings (SSSR count). The second kappa shape index (κ2) is 4.28. The van der Waals surface area contributed by atoms with Gasteiger partial charge in [0.05, 0.1) is 17.6 Å². The maximum absolute atomic E-state index is 12.7. The molecule has 106 valence electrons. The van der Waals surface area contributed by atoms with E-state index in [0.717, 1.165) is 6.42 Å². The van der Waals surface area contributed by atoms with Gasteiger partial charge in [0.1, 0.15) is 0 Å². The Bertz CT molecular complexity index is 419. The first kappa shape index (κ1) is 13.1. The second-order valence-corrected chi connectivity index (χ2v) is 6.09. The van der Waals surface area contributed by atoms with Crippen molar-refractivity contribution in [3.05, 3.63) is 0 Å². The van der Waals surface area contributed by atoms with Crippen molar-refractivity contribution in [3.8, 4) is 0 Å². The van der Waals surface area contributed by atoms with Crippen LogP contribution < -0.4 is 5.73 Å². The summed E-state index contributed by atoms with van der Waals surface area (Å²) < 4.78 is 5.65. The number of ether oxygens (including phenoxy) is 1. The first-order valence-electron chi connectivity index (χ1n) is 7.29. The van der Waals surface area contributed by atoms with Crippen LogP contribution in [-0.2, 0) is 14.3 Å². The maximum atomic E-state index is 12.7. The van der Waals surface area contributed by atoms with Crippen molar-refractivity contribution >= 4 is 11.8 Å². The summed E-state index contributed by atoms with van der Waals surface area (Å²) in [6.07, 6.45) is 2.68. The summed E-state index contributed by atoms with van der Waals surface area (Å²) >= 11 is 0. The molecule has 0 bridgehead atoms. The van der Waals surface area contributed by atoms with Crippen molar-refractivity contribution < 1.29 is 14.3 Å². The van der Waals surface area contributed by atoms with Crippen molar-refractivity contribution in [1.82, 2.24) is 4.90 Å². The Labute approximate surface area is 113 Å². The van der Waals surface area contributed by atoms with Crippen LogP contribution in [0.4, 0.5) is 0 Å². The van der Waals surface area contributed by atoms with E-state index in [-0.39, 0.29) is 30.0 Å². The smallest absolute Gasteiger partial charge is 0.236 e. The lowest BCUT2D eigenvalue weighted by molar-refractivity contribution is -0.156. The van der Waals surface area contributed by atoms with E-state index >= 15 is 0 Å². The van der Waals surface area contributed by atoms with Gasteiger partial charge in [0, 0.05) is 25.0 Å². The van der Waals surface area contributed by atoms with Gasteiger partial charge >= 0.3 is 0 Å². The maximum Gasteiger partial charge on any atom is 0.236 e. The van der Waals surface area contributed by atoms with Crippen molar-refractivity contribution in [2.24, 2.45) is 17.1 Å². The molecule has 0 radical (unpaired) electrons. The molecule has 4 unspecified atom stereocenters. The van der Waals surface area contributed by atoms with Crippen LogP contribution in [0.5, 0.6) is 0 Å². The Kier molecular flexibility index (Phi) is 2.94. The van der Waals surface area contributed by atoms with Gasteiger partial charge < -0.3 is 10.5 Å². The van der Waals surface area contributed by atoms with E-state index in [1.807, 2.05) is 13.8 Å². The fourth-order valence-corrected chi connectivity index (χ4v) is 3.96. The summed E-state index contributed by atoms with van der Waals surface area (Å²) in [4.78, 5) is 26.4. The zero-order valence-electron chi connectivity index (χ0n) is 11.6. The van der Waals surface area contributed by atoms with Crippen molar-refractivity contribution in [3.63, 3.8) is 0 Å². The fraction of sp³-hybridized carbons (Fsp3) is 0.857. The summed E-state index contributed by atoms with van der Waals surface area (Å²) in [6.45, 7) is 4.66. The molecule has 1 aliphatic carbocycles. The monoisotopic (exact) mass is 266 g/mol. The third-order valence-corrected chi connectivity index (χ3v) is 5.49. The summed E-state index contributed by atoms with van der Waals surface area (Å²) in [5.74, 6) is 0.226. The van der Waals surface area contributed by atoms with Crippen molar-refractivity contribution in [1.29, 1.82) is 0 Å². The molecule has 5 nitrogen and oxygen atoms in total. The molecule has 0 aromatic heterocycles. The van der Waals surface area contributed by atoms with E-state index in [1.165, 1.54) is 4.90 Å². The van der Waals surface area contributed by atoms with Gasteiger partial charge in [-0.1, -0.05) is 13.8 Å². The van der Waals surface area contributed by atoms with Crippen LogP contribution >= 0.6 is 0 Å². The Morgan fingerprint density at radius 2 is 2.05 bits per heavy atom. The fourth-order valence-electron chi connectivity index (χ4n) is 3.96. The third kappa shape index (κ3) is 1.54. The largest absolute Gasteiger partial charge is 0.376 e. The number of amides is 2. The standard InChI is InChI=1S/C14H22N2O3/c1-3-14(4-2)7-9(17)16(13(14)18)11-10(15)8-5-6-19-12(8)11/h8,10-12H,3-7,15H2,1-2H3. The molecule has 2 amide bonds. The van der Waals surface area contributed by atoms with Gasteiger partial charge in [0.15, 0.2) is 0 Å². The van der Waals surface area contributed by atoms with Crippen LogP contribution in [0.1, 0.15) is 39.5 Å². The van der Waals surface area contributed by atoms with Crippen LogP contribution in [-0.4, -0.2) is 41.5 Å². The molecule has 0 aromatic rings. The lowest BCUT2D eigenvalue weighted by atomic mass is 9.71. The number of hydrogen-bond donors (Lipinski definition) is 1. The Morgan fingerprint density at radius 3 is 2.63 bits per heavy atom. The molecule has 5 heteroatoms. The van der Waals surface area contributed by atoms with E-state index in [1.54, 1.807) is 0 Å². The molecular formula is C14H22N2O3. The van der Waals surface area contributed by atoms with Crippen molar-refractivity contribution in [2.45, 2.75) is 57.7 Å². The van der Waals surface area contributed by atoms with E-state index in [9.17, 15) is 9.59 Å². The molecule has 0 aromatic carbocycles. The highest BCUT2D eigenvalue weighted by Gasteiger charge is 2.61. The number of rotatable bonds is 3. The minimum Gasteiger partial charge on any atom is -0.376 e. The minimum absolute atomic E-state index is 0.0209. The van der Waals surface area contributed by atoms with Gasteiger partial charge in [0.2, 0.25) is 11.8 Å². The van der Waals surface area contributed by atoms with Gasteiger partial charge in [-0.2, -0.15) is 0 Å². The van der Waals surface area contributed by atoms with Gasteiger partial charge in [-0.3, -0.25) is 14.5 Å². The van der Waals surface area contributed by atoms with E-state index < -0.39 is 5.41 Å². The minimum atomic E-state index is -0.500. The Hall–Kier alpha value is -0.940. The molecule has 1 saturated carbocycles. The Morgan fingerprint density at radius 1 is 1.37 bits per heavy atom. The SMILES string of the molecule is CCC1(CC)CC(=O)N(C2C(N)C3CCOC32)C1=O. The number of carbonyl (C=O) groups is 2. The number of nitrogens with two attached hydrogens (primary N) is 1. The number of likely N-dealkylation sites (tertiary alicyclic amines) is 1. The van der Waals surface area contributed by atoms with E-state index in [2.05, 4.69) is 0 Å². The molecule has 4 atom stereocenters. The van der Waals surface area contributed by atoms with Gasteiger partial charge in [-0.15, -0.1) is 0 Å². The molecule has 2 N–H and O–H groups in total. The van der Waals surface area contributed by atoms with Crippen LogP contribution in [0.2, 0.25) is 0 Å². The quantitative estimate of drug-likeness (QED) is 0.762. The van der Waals surface area contributed by atoms with Crippen LogP contribution in [0.3, 0.4) is 0 Å². The first-order valence-corrected chi connectivity index (χ1v) is 7.29. The Balaban J connectivity index is 1.86. The van der Waals surface area contributed by atoms with Crippen LogP contribution in [0.15, 0.2) is 0 Å². The molecule has 2 heterocycles. The summed E-state index contributed by atoms with van der Waals surface area (Å²) in [7, 11) is 0. The molecule has 0 spiro atoms. The molecule has 2 saturated heterocycles. The molecule has 2 aliphatic heterocycles. The molecule has 3 fully saturated rings. The summed E-state index contributed by atoms with van der Waals surface area (Å²) in [6, 6.07) is -0.336. The normalized spacial score (nSPS) is 40.5. The highest BCUT2D eigenvalue weighted by atomic mass is 16.5. The molecule has 19 heavy (non-hydrogen) atoms. The average Bonchev–Trinajstić information content (AvgIpc) is 2.94. The first-order chi connectivity index (χ1) is 9.05. The zero-order chi connectivity index (χ0) is 13.8. The second-order valence-electron chi connectivity index (χ2n) is 6.09. The topological polar surface area (TPSA) is 72.6 Å². The molecular weight excluding hydrogens is 244 g/mol. The summed E-state index contributed by atoms with van der Waals surface area (Å²) in [5.41, 5.74) is 5.66. The lowest BCUT2D eigenvalue weighted by Gasteiger charge is -2.49. The number of imide groups is 1. The highest BCUT2D eigenvalue weighted by molar-refractivity contribution is 6.06. The third-order valence-electron chi connectivity index (χ3n) is 5.49. The zero-order valence-corrected chi connectivity index (χ0v) is 11.6. The van der Waals surface area contributed by atoms with Gasteiger partial charge in [0.25, 0.3) is 0 Å². The van der Waals surface area contributed by atoms with Crippen LogP contribution in [0.25, 0.3) is 0 Å². The van der Waals surface area contributed by atoms with E-state index in [4.69, 9.17) is 10.5 Å². The summed E-state index contributed by atoms with van der Waals surface area (Å²) in [5, 5.41) is 0. The number of nitrogens with zero attached hydrogens (tertiary/aromatic N) is 1. The van der Waals surface area contributed by atoms with Crippen molar-refractivity contribution in [2.75, 3.05) is 6.61 Å². The number of carbonyl (C=O) groups excluding carboxylic acids is 2. The predicted octanol–water partition coefficient (Wildman–Crippen LogP) is 0.666.